The smallest absolute Gasteiger partial charge is 0.354 e. The number of carboxylic acids is 1. The molecule has 0 bridgehead atoms. The molecule has 4 nitrogen and oxygen atoms in total. The van der Waals surface area contributed by atoms with Gasteiger partial charge < -0.3 is 10.2 Å². The molecule has 0 spiro atoms. The van der Waals surface area contributed by atoms with Gasteiger partial charge in [0.2, 0.25) is 0 Å². The second kappa shape index (κ2) is 3.24. The first kappa shape index (κ1) is 9.45. The van der Waals surface area contributed by atoms with Gasteiger partial charge in [-0.2, -0.15) is 0 Å². The van der Waals surface area contributed by atoms with Crippen LogP contribution in [0, 0.1) is 6.92 Å². The Labute approximate surface area is 85.8 Å². The molecule has 0 aliphatic carbocycles. The molecule has 1 heterocycles. The summed E-state index contributed by atoms with van der Waals surface area (Å²) in [6.45, 7) is 1.88. The summed E-state index contributed by atoms with van der Waals surface area (Å²) in [4.78, 5) is 14.6. The number of aromatic hydroxyl groups is 1. The molecule has 1 aromatic carbocycles. The number of aryl methyl sites for hydroxylation is 1. The molecule has 0 aliphatic rings. The second-order valence-corrected chi connectivity index (χ2v) is 3.30. The summed E-state index contributed by atoms with van der Waals surface area (Å²) in [6.07, 6.45) is 0. The molecular formula is C11H9NO3. The Morgan fingerprint density at radius 3 is 2.67 bits per heavy atom. The molecule has 0 saturated carbocycles. The van der Waals surface area contributed by atoms with E-state index in [0.717, 1.165) is 10.9 Å². The molecule has 4 heteroatoms. The fourth-order valence-electron chi connectivity index (χ4n) is 1.46. The van der Waals surface area contributed by atoms with Crippen LogP contribution in [0.4, 0.5) is 0 Å². The summed E-state index contributed by atoms with van der Waals surface area (Å²) in [6, 6.07) is 6.36. The molecule has 0 atom stereocenters. The van der Waals surface area contributed by atoms with Gasteiger partial charge in [0.05, 0.1) is 0 Å². The number of carbonyl (C=O) groups is 1. The zero-order valence-corrected chi connectivity index (χ0v) is 8.06. The Morgan fingerprint density at radius 2 is 2.00 bits per heavy atom. The SMILES string of the molecule is Cc1ccc(O)c2nc(C(=O)O)ccc12. The molecule has 0 fully saturated rings. The molecule has 0 radical (unpaired) electrons. The third-order valence-electron chi connectivity index (χ3n) is 2.27. The van der Waals surface area contributed by atoms with E-state index in [2.05, 4.69) is 4.98 Å². The van der Waals surface area contributed by atoms with Crippen LogP contribution in [0.3, 0.4) is 0 Å². The molecule has 0 saturated heterocycles. The van der Waals surface area contributed by atoms with Crippen LogP contribution in [0.25, 0.3) is 10.9 Å². The standard InChI is InChI=1S/C11H9NO3/c1-6-2-5-9(13)10-7(6)3-4-8(12-10)11(14)15/h2-5,13H,1H3,(H,14,15). The Kier molecular flexibility index (Phi) is 2.04. The molecule has 2 aromatic rings. The number of aromatic carboxylic acids is 1. The van der Waals surface area contributed by atoms with E-state index in [9.17, 15) is 9.90 Å². The van der Waals surface area contributed by atoms with Crippen molar-refractivity contribution in [2.75, 3.05) is 0 Å². The first-order chi connectivity index (χ1) is 7.09. The molecule has 0 amide bonds. The summed E-state index contributed by atoms with van der Waals surface area (Å²) < 4.78 is 0. The topological polar surface area (TPSA) is 70.4 Å². The fourth-order valence-corrected chi connectivity index (χ4v) is 1.46. The predicted molar refractivity (Wildman–Crippen MR) is 55.1 cm³/mol. The molecular weight excluding hydrogens is 194 g/mol. The van der Waals surface area contributed by atoms with Crippen LogP contribution in [0.5, 0.6) is 5.75 Å². The van der Waals surface area contributed by atoms with E-state index in [1.807, 2.05) is 6.92 Å². The van der Waals surface area contributed by atoms with Crippen molar-refractivity contribution in [1.29, 1.82) is 0 Å². The number of nitrogens with zero attached hydrogens (tertiary/aromatic N) is 1. The van der Waals surface area contributed by atoms with E-state index < -0.39 is 5.97 Å². The zero-order valence-electron chi connectivity index (χ0n) is 8.06. The van der Waals surface area contributed by atoms with Crippen molar-refractivity contribution in [2.24, 2.45) is 0 Å². The highest BCUT2D eigenvalue weighted by atomic mass is 16.4. The number of rotatable bonds is 1. The fraction of sp³-hybridized carbons (Fsp3) is 0.0909. The van der Waals surface area contributed by atoms with Crippen molar-refractivity contribution in [3.8, 4) is 5.75 Å². The van der Waals surface area contributed by atoms with Gasteiger partial charge in [-0.1, -0.05) is 6.07 Å². The van der Waals surface area contributed by atoms with Gasteiger partial charge in [-0.3, -0.25) is 0 Å². The van der Waals surface area contributed by atoms with Gasteiger partial charge in [-0.15, -0.1) is 0 Å². The van der Waals surface area contributed by atoms with Crippen LogP contribution in [0.2, 0.25) is 0 Å². The molecule has 2 N–H and O–H groups in total. The lowest BCUT2D eigenvalue weighted by Crippen LogP contribution is -2.00. The highest BCUT2D eigenvalue weighted by Crippen LogP contribution is 2.25. The minimum Gasteiger partial charge on any atom is -0.506 e. The van der Waals surface area contributed by atoms with Crippen molar-refractivity contribution >= 4 is 16.9 Å². The number of aromatic nitrogens is 1. The summed E-state index contributed by atoms with van der Waals surface area (Å²) in [5, 5.41) is 19.1. The van der Waals surface area contributed by atoms with Crippen molar-refractivity contribution in [2.45, 2.75) is 6.92 Å². The Bertz CT molecular complexity index is 549. The first-order valence-corrected chi connectivity index (χ1v) is 4.42. The molecule has 76 valence electrons. The van der Waals surface area contributed by atoms with Gasteiger partial charge in [0, 0.05) is 5.39 Å². The number of pyridine rings is 1. The lowest BCUT2D eigenvalue weighted by molar-refractivity contribution is 0.0691. The number of benzene rings is 1. The lowest BCUT2D eigenvalue weighted by Gasteiger charge is -2.04. The molecule has 2 rings (SSSR count). The Morgan fingerprint density at radius 1 is 1.27 bits per heavy atom. The molecule has 0 unspecified atom stereocenters. The van der Waals surface area contributed by atoms with E-state index in [1.54, 1.807) is 12.1 Å². The first-order valence-electron chi connectivity index (χ1n) is 4.42. The number of carboxylic acid groups (broad SMARTS) is 1. The second-order valence-electron chi connectivity index (χ2n) is 3.30. The molecule has 1 aromatic heterocycles. The quantitative estimate of drug-likeness (QED) is 0.743. The monoisotopic (exact) mass is 203 g/mol. The van der Waals surface area contributed by atoms with Crippen molar-refractivity contribution in [1.82, 2.24) is 4.98 Å². The van der Waals surface area contributed by atoms with Gasteiger partial charge in [-0.25, -0.2) is 9.78 Å². The summed E-state index contributed by atoms with van der Waals surface area (Å²) in [5.74, 6) is -1.10. The maximum atomic E-state index is 10.7. The minimum atomic E-state index is -1.10. The number of hydrogen-bond acceptors (Lipinski definition) is 3. The van der Waals surface area contributed by atoms with Crippen LogP contribution in [-0.2, 0) is 0 Å². The Hall–Kier alpha value is -2.10. The number of phenols is 1. The maximum Gasteiger partial charge on any atom is 0.354 e. The zero-order chi connectivity index (χ0) is 11.0. The van der Waals surface area contributed by atoms with Crippen LogP contribution >= 0.6 is 0 Å². The highest BCUT2D eigenvalue weighted by molar-refractivity contribution is 5.93. The number of hydrogen-bond donors (Lipinski definition) is 2. The van der Waals surface area contributed by atoms with E-state index >= 15 is 0 Å². The maximum absolute atomic E-state index is 10.7. The van der Waals surface area contributed by atoms with Gasteiger partial charge in [0.1, 0.15) is 17.0 Å². The van der Waals surface area contributed by atoms with Gasteiger partial charge in [-0.05, 0) is 30.7 Å². The van der Waals surface area contributed by atoms with Crippen molar-refractivity contribution < 1.29 is 15.0 Å². The molecule has 0 aliphatic heterocycles. The van der Waals surface area contributed by atoms with Gasteiger partial charge in [0.25, 0.3) is 0 Å². The summed E-state index contributed by atoms with van der Waals surface area (Å²) in [5.41, 5.74) is 1.21. The number of fused-ring (bicyclic) bond motifs is 1. The van der Waals surface area contributed by atoms with Crippen molar-refractivity contribution in [3.05, 3.63) is 35.5 Å². The normalized spacial score (nSPS) is 10.5. The third kappa shape index (κ3) is 1.50. The van der Waals surface area contributed by atoms with Crippen LogP contribution in [-0.4, -0.2) is 21.2 Å². The molecule has 15 heavy (non-hydrogen) atoms. The lowest BCUT2D eigenvalue weighted by atomic mass is 10.1. The van der Waals surface area contributed by atoms with Gasteiger partial charge in [0.15, 0.2) is 0 Å². The van der Waals surface area contributed by atoms with E-state index in [0.29, 0.717) is 5.52 Å². The third-order valence-corrected chi connectivity index (χ3v) is 2.27. The average Bonchev–Trinajstić information content (AvgIpc) is 2.23. The summed E-state index contributed by atoms with van der Waals surface area (Å²) in [7, 11) is 0. The van der Waals surface area contributed by atoms with Crippen LogP contribution in [0.15, 0.2) is 24.3 Å². The van der Waals surface area contributed by atoms with Crippen LogP contribution in [0.1, 0.15) is 16.1 Å². The average molecular weight is 203 g/mol. The van der Waals surface area contributed by atoms with Gasteiger partial charge >= 0.3 is 5.97 Å². The predicted octanol–water partition coefficient (Wildman–Crippen LogP) is 1.95. The van der Waals surface area contributed by atoms with Crippen molar-refractivity contribution in [3.63, 3.8) is 0 Å². The van der Waals surface area contributed by atoms with E-state index in [1.165, 1.54) is 12.1 Å². The number of phenolic OH excluding ortho intramolecular Hbond substituents is 1. The van der Waals surface area contributed by atoms with E-state index in [4.69, 9.17) is 5.11 Å². The largest absolute Gasteiger partial charge is 0.506 e. The van der Waals surface area contributed by atoms with E-state index in [-0.39, 0.29) is 11.4 Å². The Balaban J connectivity index is 2.81. The minimum absolute atomic E-state index is 0.00120. The van der Waals surface area contributed by atoms with Crippen LogP contribution < -0.4 is 0 Å². The summed E-state index contributed by atoms with van der Waals surface area (Å²) >= 11 is 0. The highest BCUT2D eigenvalue weighted by Gasteiger charge is 2.09.